The minimum absolute atomic E-state index is 0.312. The quantitative estimate of drug-likeness (QED) is 0.885. The molecule has 1 aromatic heterocycles. The number of benzene rings is 1. The first kappa shape index (κ1) is 10.9. The van der Waals surface area contributed by atoms with Gasteiger partial charge < -0.3 is 5.73 Å². The van der Waals surface area contributed by atoms with Gasteiger partial charge >= 0.3 is 0 Å². The van der Waals surface area contributed by atoms with Crippen LogP contribution in [0.5, 0.6) is 0 Å². The Morgan fingerprint density at radius 2 is 2.19 bits per heavy atom. The van der Waals surface area contributed by atoms with Crippen molar-refractivity contribution in [3.63, 3.8) is 0 Å². The average Bonchev–Trinajstić information content (AvgIpc) is 2.71. The van der Waals surface area contributed by atoms with Gasteiger partial charge in [-0.2, -0.15) is 5.10 Å². The molecule has 0 aliphatic rings. The van der Waals surface area contributed by atoms with Gasteiger partial charge in [0.15, 0.2) is 0 Å². The number of nitrogens with one attached hydrogen (secondary N) is 1. The molecule has 0 aliphatic carbocycles. The number of H-pyrrole nitrogens is 1. The highest BCUT2D eigenvalue weighted by molar-refractivity contribution is 9.10. The molecule has 5 heteroatoms. The zero-order valence-corrected chi connectivity index (χ0v) is 10.2. The molecule has 0 fully saturated rings. The lowest BCUT2D eigenvalue weighted by Crippen LogP contribution is -2.10. The molecule has 1 aromatic carbocycles. The molecule has 1 heterocycles. The number of aromatic nitrogens is 2. The Balaban J connectivity index is 2.42. The fraction of sp³-hybridized carbons (Fsp3) is 0.0909. The Morgan fingerprint density at radius 1 is 1.44 bits per heavy atom. The normalized spacial score (nSPS) is 10.4. The van der Waals surface area contributed by atoms with Crippen LogP contribution in [-0.4, -0.2) is 16.1 Å². The van der Waals surface area contributed by atoms with E-state index in [0.29, 0.717) is 11.4 Å². The summed E-state index contributed by atoms with van der Waals surface area (Å²) in [6.45, 7) is 2.01. The van der Waals surface area contributed by atoms with Crippen LogP contribution in [0, 0.1) is 6.92 Å². The van der Waals surface area contributed by atoms with Gasteiger partial charge in [0.25, 0.3) is 5.91 Å². The fourth-order valence-corrected chi connectivity index (χ4v) is 1.73. The second kappa shape index (κ2) is 4.09. The number of nitrogens with two attached hydrogens (primary N) is 1. The van der Waals surface area contributed by atoms with Crippen molar-refractivity contribution in [2.45, 2.75) is 6.92 Å². The van der Waals surface area contributed by atoms with Gasteiger partial charge in [0.05, 0.1) is 5.69 Å². The number of halogens is 1. The number of primary amides is 1. The summed E-state index contributed by atoms with van der Waals surface area (Å²) in [5.41, 5.74) is 8.23. The highest BCUT2D eigenvalue weighted by atomic mass is 79.9. The number of hydrogen-bond donors (Lipinski definition) is 2. The lowest BCUT2D eigenvalue weighted by atomic mass is 10.1. The molecule has 0 saturated heterocycles. The van der Waals surface area contributed by atoms with Gasteiger partial charge in [-0.25, -0.2) is 0 Å². The summed E-state index contributed by atoms with van der Waals surface area (Å²) < 4.78 is 1.01. The van der Waals surface area contributed by atoms with Crippen LogP contribution in [-0.2, 0) is 0 Å². The molecule has 0 radical (unpaired) electrons. The second-order valence-corrected chi connectivity index (χ2v) is 4.35. The van der Waals surface area contributed by atoms with E-state index < -0.39 is 5.91 Å². The molecule has 0 spiro atoms. The predicted molar refractivity (Wildman–Crippen MR) is 65.0 cm³/mol. The summed E-state index contributed by atoms with van der Waals surface area (Å²) in [7, 11) is 0. The van der Waals surface area contributed by atoms with Crippen molar-refractivity contribution in [1.82, 2.24) is 10.2 Å². The molecule has 0 aliphatic heterocycles. The zero-order chi connectivity index (χ0) is 11.7. The first-order chi connectivity index (χ1) is 7.58. The van der Waals surface area contributed by atoms with E-state index in [1.807, 2.05) is 25.1 Å². The first-order valence-corrected chi connectivity index (χ1v) is 5.49. The van der Waals surface area contributed by atoms with Crippen LogP contribution in [0.3, 0.4) is 0 Å². The van der Waals surface area contributed by atoms with Gasteiger partial charge in [0.2, 0.25) is 0 Å². The smallest absolute Gasteiger partial charge is 0.266 e. The third kappa shape index (κ3) is 1.99. The monoisotopic (exact) mass is 279 g/mol. The molecule has 2 aromatic rings. The first-order valence-electron chi connectivity index (χ1n) is 4.69. The molecular formula is C11H10BrN3O. The Morgan fingerprint density at radius 3 is 2.75 bits per heavy atom. The maximum atomic E-state index is 10.9. The van der Waals surface area contributed by atoms with Crippen molar-refractivity contribution < 1.29 is 4.79 Å². The minimum Gasteiger partial charge on any atom is -0.364 e. The van der Waals surface area contributed by atoms with Crippen molar-refractivity contribution in [2.75, 3.05) is 0 Å². The van der Waals surface area contributed by atoms with Gasteiger partial charge in [0.1, 0.15) is 5.69 Å². The SMILES string of the molecule is Cc1ccc(-c2cc(C(N)=O)[nH]n2)cc1Br. The molecule has 16 heavy (non-hydrogen) atoms. The van der Waals surface area contributed by atoms with E-state index in [1.54, 1.807) is 6.07 Å². The Bertz CT molecular complexity index is 548. The topological polar surface area (TPSA) is 71.8 Å². The zero-order valence-electron chi connectivity index (χ0n) is 8.62. The Kier molecular flexibility index (Phi) is 2.78. The highest BCUT2D eigenvalue weighted by Gasteiger charge is 2.08. The molecule has 2 rings (SSSR count). The van der Waals surface area contributed by atoms with E-state index in [9.17, 15) is 4.79 Å². The van der Waals surface area contributed by atoms with Crippen LogP contribution in [0.25, 0.3) is 11.3 Å². The number of rotatable bonds is 2. The third-order valence-corrected chi connectivity index (χ3v) is 3.17. The number of aromatic amines is 1. The van der Waals surface area contributed by atoms with Crippen molar-refractivity contribution in [3.8, 4) is 11.3 Å². The van der Waals surface area contributed by atoms with Crippen LogP contribution in [0.4, 0.5) is 0 Å². The largest absolute Gasteiger partial charge is 0.364 e. The van der Waals surface area contributed by atoms with E-state index in [0.717, 1.165) is 15.6 Å². The molecule has 0 unspecified atom stereocenters. The fourth-order valence-electron chi connectivity index (χ4n) is 1.35. The van der Waals surface area contributed by atoms with E-state index in [1.165, 1.54) is 0 Å². The summed E-state index contributed by atoms with van der Waals surface area (Å²) in [5.74, 6) is -0.509. The maximum Gasteiger partial charge on any atom is 0.266 e. The standard InChI is InChI=1S/C11H10BrN3O/c1-6-2-3-7(4-8(6)12)9-5-10(11(13)16)15-14-9/h2-5H,1H3,(H2,13,16)(H,14,15). The van der Waals surface area contributed by atoms with Gasteiger partial charge in [-0.15, -0.1) is 0 Å². The second-order valence-electron chi connectivity index (χ2n) is 3.50. The molecule has 3 N–H and O–H groups in total. The maximum absolute atomic E-state index is 10.9. The van der Waals surface area contributed by atoms with E-state index >= 15 is 0 Å². The van der Waals surface area contributed by atoms with Crippen molar-refractivity contribution in [2.24, 2.45) is 5.73 Å². The van der Waals surface area contributed by atoms with Gasteiger partial charge in [-0.05, 0) is 24.6 Å². The van der Waals surface area contributed by atoms with E-state index in [2.05, 4.69) is 26.1 Å². The van der Waals surface area contributed by atoms with Gasteiger partial charge in [-0.3, -0.25) is 9.89 Å². The molecular weight excluding hydrogens is 270 g/mol. The van der Waals surface area contributed by atoms with Crippen LogP contribution in [0.2, 0.25) is 0 Å². The minimum atomic E-state index is -0.509. The summed E-state index contributed by atoms with van der Waals surface area (Å²) in [5, 5.41) is 6.63. The molecule has 82 valence electrons. The lowest BCUT2D eigenvalue weighted by Gasteiger charge is -2.00. The van der Waals surface area contributed by atoms with Crippen LogP contribution >= 0.6 is 15.9 Å². The van der Waals surface area contributed by atoms with E-state index in [4.69, 9.17) is 5.73 Å². The number of carbonyl (C=O) groups is 1. The van der Waals surface area contributed by atoms with Crippen molar-refractivity contribution in [1.29, 1.82) is 0 Å². The summed E-state index contributed by atoms with van der Waals surface area (Å²) in [6, 6.07) is 7.52. The van der Waals surface area contributed by atoms with E-state index in [-0.39, 0.29) is 0 Å². The lowest BCUT2D eigenvalue weighted by molar-refractivity contribution is 0.0995. The number of aryl methyl sites for hydroxylation is 1. The molecule has 4 nitrogen and oxygen atoms in total. The highest BCUT2D eigenvalue weighted by Crippen LogP contribution is 2.24. The number of carbonyl (C=O) groups excluding carboxylic acids is 1. The number of hydrogen-bond acceptors (Lipinski definition) is 2. The Labute approximate surface area is 101 Å². The number of amides is 1. The van der Waals surface area contributed by atoms with Crippen molar-refractivity contribution >= 4 is 21.8 Å². The molecule has 0 bridgehead atoms. The number of nitrogens with zero attached hydrogens (tertiary/aromatic N) is 1. The summed E-state index contributed by atoms with van der Waals surface area (Å²) in [6.07, 6.45) is 0. The summed E-state index contributed by atoms with van der Waals surface area (Å²) in [4.78, 5) is 10.9. The van der Waals surface area contributed by atoms with Gasteiger partial charge in [-0.1, -0.05) is 28.1 Å². The molecule has 0 atom stereocenters. The predicted octanol–water partition coefficient (Wildman–Crippen LogP) is 2.25. The molecule has 0 saturated carbocycles. The van der Waals surface area contributed by atoms with Gasteiger partial charge in [0, 0.05) is 10.0 Å². The average molecular weight is 280 g/mol. The van der Waals surface area contributed by atoms with Crippen LogP contribution < -0.4 is 5.73 Å². The van der Waals surface area contributed by atoms with Crippen LogP contribution in [0.1, 0.15) is 16.1 Å². The third-order valence-electron chi connectivity index (χ3n) is 2.31. The Hall–Kier alpha value is -1.62. The molecule has 1 amide bonds. The van der Waals surface area contributed by atoms with Crippen molar-refractivity contribution in [3.05, 3.63) is 40.0 Å². The summed E-state index contributed by atoms with van der Waals surface area (Å²) >= 11 is 3.45. The van der Waals surface area contributed by atoms with Crippen LogP contribution in [0.15, 0.2) is 28.7 Å².